The Labute approximate surface area is 245 Å². The van der Waals surface area contributed by atoms with Crippen molar-refractivity contribution in [3.8, 4) is 11.4 Å². The number of hydrogen-bond donors (Lipinski definition) is 0. The molecule has 0 unspecified atom stereocenters. The molecule has 9 rings (SSSR count). The summed E-state index contributed by atoms with van der Waals surface area (Å²) in [6.07, 6.45) is 0. The van der Waals surface area contributed by atoms with E-state index in [-0.39, 0.29) is 0 Å². The van der Waals surface area contributed by atoms with Gasteiger partial charge in [0.25, 0.3) is 0 Å². The maximum absolute atomic E-state index is 7.55. The Kier molecular flexibility index (Phi) is 4.76. The minimum Gasteiger partial charge on any atom is -0.309 e. The van der Waals surface area contributed by atoms with E-state index in [1.807, 2.05) is 23.5 Å². The van der Waals surface area contributed by atoms with E-state index in [0.29, 0.717) is 5.69 Å². The van der Waals surface area contributed by atoms with E-state index in [2.05, 4.69) is 130 Å². The number of fused-ring (bicyclic) bond motifs is 9. The minimum atomic E-state index is 0.662. The van der Waals surface area contributed by atoms with Gasteiger partial charge in [-0.05, 0) is 73.0 Å². The van der Waals surface area contributed by atoms with E-state index in [1.54, 1.807) is 0 Å². The predicted octanol–water partition coefficient (Wildman–Crippen LogP) is 11.1. The van der Waals surface area contributed by atoms with E-state index in [1.165, 1.54) is 53.2 Å². The Morgan fingerprint density at radius 1 is 0.548 bits per heavy atom. The first kappa shape index (κ1) is 23.3. The van der Waals surface area contributed by atoms with E-state index in [4.69, 9.17) is 6.57 Å². The third-order valence-electron chi connectivity index (χ3n) is 8.57. The molecule has 3 nitrogen and oxygen atoms in total. The summed E-state index contributed by atoms with van der Waals surface area (Å²) in [5.74, 6) is 0. The van der Waals surface area contributed by atoms with Crippen LogP contribution in [-0.4, -0.2) is 9.13 Å². The number of para-hydroxylation sites is 2. The highest BCUT2D eigenvalue weighted by molar-refractivity contribution is 7.26. The van der Waals surface area contributed by atoms with Crippen LogP contribution < -0.4 is 0 Å². The third kappa shape index (κ3) is 3.14. The monoisotopic (exact) mass is 553 g/mol. The van der Waals surface area contributed by atoms with Crippen molar-refractivity contribution in [2.24, 2.45) is 0 Å². The first-order chi connectivity index (χ1) is 20.7. The molecule has 0 fully saturated rings. The molecule has 0 saturated heterocycles. The molecule has 6 aromatic carbocycles. The standard InChI is InChI=1S/C38H23N3S/c1-23-14-19-37-31(20-23)28-10-7-13-36(38(28)42-37)41-33-12-6-4-9-27(33)30-22-25(16-18-35(30)41)40-32-11-5-3-8-26(32)29-21-24(39-2)15-17-34(29)40/h3-22H,1H3. The van der Waals surface area contributed by atoms with Gasteiger partial charge in [0.2, 0.25) is 0 Å². The second kappa shape index (κ2) is 8.57. The van der Waals surface area contributed by atoms with Gasteiger partial charge >= 0.3 is 0 Å². The molecule has 0 amide bonds. The Balaban J connectivity index is 1.35. The van der Waals surface area contributed by atoms with Crippen LogP contribution in [-0.2, 0) is 0 Å². The maximum Gasteiger partial charge on any atom is 0.188 e. The minimum absolute atomic E-state index is 0.662. The van der Waals surface area contributed by atoms with Gasteiger partial charge in [-0.1, -0.05) is 66.2 Å². The highest BCUT2D eigenvalue weighted by Crippen LogP contribution is 2.42. The van der Waals surface area contributed by atoms with Crippen molar-refractivity contribution < 1.29 is 0 Å². The van der Waals surface area contributed by atoms with Crippen molar-refractivity contribution in [3.05, 3.63) is 138 Å². The van der Waals surface area contributed by atoms with Gasteiger partial charge in [-0.3, -0.25) is 0 Å². The van der Waals surface area contributed by atoms with Crippen molar-refractivity contribution in [1.82, 2.24) is 9.13 Å². The molecule has 0 saturated carbocycles. The normalized spacial score (nSPS) is 11.9. The van der Waals surface area contributed by atoms with Crippen molar-refractivity contribution in [2.45, 2.75) is 6.92 Å². The molecule has 0 atom stereocenters. The van der Waals surface area contributed by atoms with Gasteiger partial charge in [0.05, 0.1) is 39.0 Å². The lowest BCUT2D eigenvalue weighted by Crippen LogP contribution is -1.96. The van der Waals surface area contributed by atoms with E-state index >= 15 is 0 Å². The molecular formula is C38H23N3S. The molecule has 0 bridgehead atoms. The highest BCUT2D eigenvalue weighted by Gasteiger charge is 2.18. The van der Waals surface area contributed by atoms with Crippen molar-refractivity contribution in [1.29, 1.82) is 0 Å². The number of benzene rings is 6. The van der Waals surface area contributed by atoms with Crippen LogP contribution in [0.3, 0.4) is 0 Å². The van der Waals surface area contributed by atoms with Gasteiger partial charge in [0.15, 0.2) is 5.69 Å². The SMILES string of the molecule is [C-]#[N+]c1ccc2c(c1)c1ccccc1n2-c1ccc2c(c1)c1ccccc1n2-c1cccc2c1sc1ccc(C)cc12. The highest BCUT2D eigenvalue weighted by atomic mass is 32.1. The topological polar surface area (TPSA) is 14.2 Å². The molecule has 42 heavy (non-hydrogen) atoms. The molecule has 0 aliphatic heterocycles. The average Bonchev–Trinajstić information content (AvgIpc) is 3.68. The van der Waals surface area contributed by atoms with Crippen molar-refractivity contribution >= 4 is 80.8 Å². The van der Waals surface area contributed by atoms with E-state index < -0.39 is 0 Å². The lowest BCUT2D eigenvalue weighted by molar-refractivity contribution is 1.17. The molecule has 0 spiro atoms. The molecule has 0 radical (unpaired) electrons. The number of hydrogen-bond acceptors (Lipinski definition) is 1. The smallest absolute Gasteiger partial charge is 0.188 e. The van der Waals surface area contributed by atoms with Gasteiger partial charge in [-0.15, -0.1) is 11.3 Å². The summed E-state index contributed by atoms with van der Waals surface area (Å²) in [4.78, 5) is 3.69. The Morgan fingerprint density at radius 3 is 2.02 bits per heavy atom. The van der Waals surface area contributed by atoms with Crippen LogP contribution in [0.2, 0.25) is 0 Å². The zero-order chi connectivity index (χ0) is 27.9. The third-order valence-corrected chi connectivity index (χ3v) is 9.78. The molecule has 0 aliphatic rings. The summed E-state index contributed by atoms with van der Waals surface area (Å²) in [5.41, 5.74) is 8.92. The Bertz CT molecular complexity index is 2600. The zero-order valence-corrected chi connectivity index (χ0v) is 23.6. The van der Waals surface area contributed by atoms with Crippen LogP contribution in [0.25, 0.3) is 80.0 Å². The lowest BCUT2D eigenvalue weighted by atomic mass is 10.1. The Morgan fingerprint density at radius 2 is 1.21 bits per heavy atom. The number of aromatic nitrogens is 2. The Hall–Kier alpha value is -5.37. The van der Waals surface area contributed by atoms with Gasteiger partial charge in [-0.2, -0.15) is 0 Å². The molecular weight excluding hydrogens is 531 g/mol. The molecule has 3 heterocycles. The summed E-state index contributed by atoms with van der Waals surface area (Å²) in [7, 11) is 0. The molecule has 196 valence electrons. The van der Waals surface area contributed by atoms with Crippen LogP contribution in [0.1, 0.15) is 5.56 Å². The largest absolute Gasteiger partial charge is 0.309 e. The van der Waals surface area contributed by atoms with Crippen LogP contribution in [0.15, 0.2) is 121 Å². The molecule has 9 aromatic rings. The van der Waals surface area contributed by atoms with Gasteiger partial charge in [0, 0.05) is 37.3 Å². The molecule has 0 aliphatic carbocycles. The fourth-order valence-electron chi connectivity index (χ4n) is 6.74. The van der Waals surface area contributed by atoms with E-state index in [9.17, 15) is 0 Å². The molecule has 3 aromatic heterocycles. The summed E-state index contributed by atoms with van der Waals surface area (Å²) >= 11 is 1.87. The summed E-state index contributed by atoms with van der Waals surface area (Å²) in [6, 6.07) is 43.5. The molecule has 0 N–H and O–H groups in total. The van der Waals surface area contributed by atoms with Gasteiger partial charge < -0.3 is 9.13 Å². The zero-order valence-electron chi connectivity index (χ0n) is 22.8. The summed E-state index contributed by atoms with van der Waals surface area (Å²) in [6.45, 7) is 9.71. The van der Waals surface area contributed by atoms with Crippen molar-refractivity contribution in [3.63, 3.8) is 0 Å². The fraction of sp³-hybridized carbons (Fsp3) is 0.0263. The van der Waals surface area contributed by atoms with Crippen LogP contribution in [0.4, 0.5) is 5.69 Å². The summed E-state index contributed by atoms with van der Waals surface area (Å²) < 4.78 is 7.40. The fourth-order valence-corrected chi connectivity index (χ4v) is 7.93. The van der Waals surface area contributed by atoms with Crippen LogP contribution >= 0.6 is 11.3 Å². The quantitative estimate of drug-likeness (QED) is 0.189. The number of rotatable bonds is 2. The first-order valence-corrected chi connectivity index (χ1v) is 14.9. The first-order valence-electron chi connectivity index (χ1n) is 14.1. The van der Waals surface area contributed by atoms with Crippen LogP contribution in [0, 0.1) is 13.5 Å². The lowest BCUT2D eigenvalue weighted by Gasteiger charge is -2.11. The molecule has 4 heteroatoms. The number of nitrogens with zero attached hydrogens (tertiary/aromatic N) is 3. The van der Waals surface area contributed by atoms with Gasteiger partial charge in [-0.25, -0.2) is 4.85 Å². The predicted molar refractivity (Wildman–Crippen MR) is 179 cm³/mol. The average molecular weight is 554 g/mol. The van der Waals surface area contributed by atoms with Crippen molar-refractivity contribution in [2.75, 3.05) is 0 Å². The summed E-state index contributed by atoms with van der Waals surface area (Å²) in [5, 5.41) is 7.36. The number of aryl methyl sites for hydroxylation is 1. The number of thiophene rings is 1. The second-order valence-electron chi connectivity index (χ2n) is 11.0. The van der Waals surface area contributed by atoms with E-state index in [0.717, 1.165) is 27.5 Å². The van der Waals surface area contributed by atoms with Gasteiger partial charge in [0.1, 0.15) is 0 Å². The second-order valence-corrected chi connectivity index (χ2v) is 12.0. The van der Waals surface area contributed by atoms with Crippen LogP contribution in [0.5, 0.6) is 0 Å². The maximum atomic E-state index is 7.55.